The van der Waals surface area contributed by atoms with Crippen molar-refractivity contribution in [3.05, 3.63) is 76.6 Å². The molecule has 31 heavy (non-hydrogen) atoms. The van der Waals surface area contributed by atoms with Crippen LogP contribution in [0, 0.1) is 15.9 Å². The first kappa shape index (κ1) is 20.5. The van der Waals surface area contributed by atoms with E-state index in [2.05, 4.69) is 20.3 Å². The van der Waals surface area contributed by atoms with Crippen LogP contribution in [0.4, 0.5) is 27.4 Å². The Bertz CT molecular complexity index is 1040. The SMILES string of the molecule is O=[N+]([O-])c1c(NCCc2ccncc2)ncnc1N1CCN(c2ccccc2F)CC1. The topological polar surface area (TPSA) is 100 Å². The van der Waals surface area contributed by atoms with Gasteiger partial charge in [0.15, 0.2) is 0 Å². The van der Waals surface area contributed by atoms with Crippen molar-refractivity contribution in [2.75, 3.05) is 47.8 Å². The summed E-state index contributed by atoms with van der Waals surface area (Å²) in [6, 6.07) is 10.4. The molecule has 9 nitrogen and oxygen atoms in total. The molecule has 160 valence electrons. The van der Waals surface area contributed by atoms with Crippen LogP contribution in [-0.4, -0.2) is 52.6 Å². The fourth-order valence-corrected chi connectivity index (χ4v) is 3.64. The number of piperazine rings is 1. The van der Waals surface area contributed by atoms with E-state index in [1.807, 2.05) is 21.9 Å². The van der Waals surface area contributed by atoms with Crippen molar-refractivity contribution < 1.29 is 9.31 Å². The number of aromatic nitrogens is 3. The standard InChI is InChI=1S/C21H22FN7O2/c22-17-3-1-2-4-18(17)27-11-13-28(14-12-27)21-19(29(30)31)20(25-15-26-21)24-10-7-16-5-8-23-9-6-16/h1-6,8-9,15H,7,10-14H2,(H,24,25,26). The van der Waals surface area contributed by atoms with Gasteiger partial charge in [0.1, 0.15) is 12.1 Å². The molecule has 1 aliphatic rings. The van der Waals surface area contributed by atoms with Crippen molar-refractivity contribution in [2.45, 2.75) is 6.42 Å². The molecule has 2 aromatic heterocycles. The molecule has 1 fully saturated rings. The number of para-hydroxylation sites is 1. The Morgan fingerprint density at radius 3 is 2.45 bits per heavy atom. The average Bonchev–Trinajstić information content (AvgIpc) is 2.80. The normalized spacial score (nSPS) is 13.8. The van der Waals surface area contributed by atoms with Gasteiger partial charge in [0.25, 0.3) is 0 Å². The molecule has 0 amide bonds. The largest absolute Gasteiger partial charge is 0.366 e. The van der Waals surface area contributed by atoms with Crippen molar-refractivity contribution >= 4 is 23.0 Å². The maximum absolute atomic E-state index is 14.1. The average molecular weight is 423 g/mol. The highest BCUT2D eigenvalue weighted by Crippen LogP contribution is 2.33. The van der Waals surface area contributed by atoms with Gasteiger partial charge >= 0.3 is 5.69 Å². The Hall–Kier alpha value is -3.82. The Morgan fingerprint density at radius 2 is 1.74 bits per heavy atom. The number of halogens is 1. The van der Waals surface area contributed by atoms with Crippen molar-refractivity contribution in [2.24, 2.45) is 0 Å². The first-order chi connectivity index (χ1) is 15.1. The minimum atomic E-state index is -0.451. The molecule has 0 bridgehead atoms. The van der Waals surface area contributed by atoms with Crippen molar-refractivity contribution in [3.63, 3.8) is 0 Å². The molecule has 0 saturated carbocycles. The van der Waals surface area contributed by atoms with Crippen LogP contribution >= 0.6 is 0 Å². The first-order valence-corrected chi connectivity index (χ1v) is 10.00. The second-order valence-corrected chi connectivity index (χ2v) is 7.11. The van der Waals surface area contributed by atoms with Crippen LogP contribution in [0.2, 0.25) is 0 Å². The smallest absolute Gasteiger partial charge is 0.353 e. The number of nitro groups is 1. The van der Waals surface area contributed by atoms with Gasteiger partial charge in [0, 0.05) is 45.1 Å². The zero-order valence-electron chi connectivity index (χ0n) is 16.8. The third-order valence-electron chi connectivity index (χ3n) is 5.21. The van der Waals surface area contributed by atoms with Gasteiger partial charge in [-0.15, -0.1) is 0 Å². The van der Waals surface area contributed by atoms with E-state index in [4.69, 9.17) is 0 Å². The van der Waals surface area contributed by atoms with Gasteiger partial charge in [0.05, 0.1) is 10.6 Å². The summed E-state index contributed by atoms with van der Waals surface area (Å²) in [6.07, 6.45) is 5.43. The summed E-state index contributed by atoms with van der Waals surface area (Å²) in [5.74, 6) is 0.199. The molecule has 1 N–H and O–H groups in total. The van der Waals surface area contributed by atoms with Gasteiger partial charge < -0.3 is 15.1 Å². The van der Waals surface area contributed by atoms with E-state index >= 15 is 0 Å². The Labute approximate surface area is 178 Å². The quantitative estimate of drug-likeness (QED) is 0.457. The molecule has 3 aromatic rings. The fraction of sp³-hybridized carbons (Fsp3) is 0.286. The summed E-state index contributed by atoms with van der Waals surface area (Å²) >= 11 is 0. The van der Waals surface area contributed by atoms with E-state index in [-0.39, 0.29) is 23.1 Å². The molecular weight excluding hydrogens is 401 g/mol. The third kappa shape index (κ3) is 4.68. The molecule has 1 aromatic carbocycles. The van der Waals surface area contributed by atoms with Crippen LogP contribution in [0.1, 0.15) is 5.56 Å². The monoisotopic (exact) mass is 423 g/mol. The molecule has 3 heterocycles. The molecule has 4 rings (SSSR count). The molecule has 0 aliphatic carbocycles. The molecule has 10 heteroatoms. The van der Waals surface area contributed by atoms with Crippen molar-refractivity contribution in [1.82, 2.24) is 15.0 Å². The van der Waals surface area contributed by atoms with E-state index in [0.29, 0.717) is 44.8 Å². The summed E-state index contributed by atoms with van der Waals surface area (Å²) in [7, 11) is 0. The number of pyridine rings is 1. The highest BCUT2D eigenvalue weighted by molar-refractivity contribution is 5.70. The van der Waals surface area contributed by atoms with Crippen molar-refractivity contribution in [3.8, 4) is 0 Å². The molecule has 1 aliphatic heterocycles. The van der Waals surface area contributed by atoms with Gasteiger partial charge in [-0.25, -0.2) is 14.4 Å². The molecular formula is C21H22FN7O2. The molecule has 0 unspecified atom stereocenters. The number of hydrogen-bond donors (Lipinski definition) is 1. The lowest BCUT2D eigenvalue weighted by molar-refractivity contribution is -0.383. The summed E-state index contributed by atoms with van der Waals surface area (Å²) in [5, 5.41) is 14.9. The number of anilines is 3. The minimum Gasteiger partial charge on any atom is -0.366 e. The van der Waals surface area contributed by atoms with Gasteiger partial charge in [-0.3, -0.25) is 15.1 Å². The Balaban J connectivity index is 1.46. The number of rotatable bonds is 7. The molecule has 0 spiro atoms. The summed E-state index contributed by atoms with van der Waals surface area (Å²) < 4.78 is 14.1. The van der Waals surface area contributed by atoms with Gasteiger partial charge in [0.2, 0.25) is 11.6 Å². The van der Waals surface area contributed by atoms with Crippen LogP contribution < -0.4 is 15.1 Å². The van der Waals surface area contributed by atoms with Crippen LogP contribution in [0.5, 0.6) is 0 Å². The lowest BCUT2D eigenvalue weighted by Gasteiger charge is -2.36. The van der Waals surface area contributed by atoms with E-state index in [0.717, 1.165) is 5.56 Å². The van der Waals surface area contributed by atoms with Crippen molar-refractivity contribution in [1.29, 1.82) is 0 Å². The second kappa shape index (κ2) is 9.33. The summed E-state index contributed by atoms with van der Waals surface area (Å²) in [4.78, 5) is 27.5. The van der Waals surface area contributed by atoms with E-state index in [9.17, 15) is 14.5 Å². The number of benzene rings is 1. The fourth-order valence-electron chi connectivity index (χ4n) is 3.64. The number of nitrogens with one attached hydrogen (secondary N) is 1. The summed E-state index contributed by atoms with van der Waals surface area (Å²) in [5.41, 5.74) is 1.47. The maximum Gasteiger partial charge on any atom is 0.353 e. The maximum atomic E-state index is 14.1. The highest BCUT2D eigenvalue weighted by atomic mass is 19.1. The Morgan fingerprint density at radius 1 is 1.03 bits per heavy atom. The zero-order valence-corrected chi connectivity index (χ0v) is 16.8. The molecule has 1 saturated heterocycles. The van der Waals surface area contributed by atoms with Gasteiger partial charge in [-0.05, 0) is 36.2 Å². The highest BCUT2D eigenvalue weighted by Gasteiger charge is 2.29. The van der Waals surface area contributed by atoms with Crippen LogP contribution in [0.15, 0.2) is 55.1 Å². The van der Waals surface area contributed by atoms with Crippen LogP contribution in [0.3, 0.4) is 0 Å². The molecule has 0 atom stereocenters. The van der Waals surface area contributed by atoms with Gasteiger partial charge in [-0.1, -0.05) is 12.1 Å². The second-order valence-electron chi connectivity index (χ2n) is 7.11. The Kier molecular flexibility index (Phi) is 6.16. The summed E-state index contributed by atoms with van der Waals surface area (Å²) in [6.45, 7) is 2.54. The first-order valence-electron chi connectivity index (χ1n) is 10.00. The predicted molar refractivity (Wildman–Crippen MR) is 116 cm³/mol. The third-order valence-corrected chi connectivity index (χ3v) is 5.21. The van der Waals surface area contributed by atoms with E-state index < -0.39 is 4.92 Å². The lowest BCUT2D eigenvalue weighted by Crippen LogP contribution is -2.47. The zero-order chi connectivity index (χ0) is 21.6. The number of nitrogens with zero attached hydrogens (tertiary/aromatic N) is 6. The number of hydrogen-bond acceptors (Lipinski definition) is 8. The molecule has 0 radical (unpaired) electrons. The van der Waals surface area contributed by atoms with E-state index in [1.54, 1.807) is 30.6 Å². The van der Waals surface area contributed by atoms with Crippen LogP contribution in [-0.2, 0) is 6.42 Å². The predicted octanol–water partition coefficient (Wildman–Crippen LogP) is 2.90. The minimum absolute atomic E-state index is 0.142. The lowest BCUT2D eigenvalue weighted by atomic mass is 10.2. The van der Waals surface area contributed by atoms with Crippen LogP contribution in [0.25, 0.3) is 0 Å². The van der Waals surface area contributed by atoms with E-state index in [1.165, 1.54) is 12.4 Å². The van der Waals surface area contributed by atoms with Gasteiger partial charge in [-0.2, -0.15) is 0 Å².